The molecule has 3 nitrogen and oxygen atoms in total. The standard InChI is InChI=1S/C17H30N2O/c1-16(2,3)15-6-5-9-17(20,11-8-15)10-7-14-12-18-19(4)13-14/h12-13,15,20H,5-11H2,1-4H3. The second-order valence-corrected chi connectivity index (χ2v) is 7.74. The van der Waals surface area contributed by atoms with Crippen LogP contribution >= 0.6 is 0 Å². The number of aliphatic hydroxyl groups is 1. The van der Waals surface area contributed by atoms with Gasteiger partial charge in [0.25, 0.3) is 0 Å². The summed E-state index contributed by atoms with van der Waals surface area (Å²) < 4.78 is 1.84. The van der Waals surface area contributed by atoms with Crippen molar-refractivity contribution in [2.45, 2.75) is 71.3 Å². The van der Waals surface area contributed by atoms with E-state index < -0.39 is 5.60 Å². The number of hydrogen-bond donors (Lipinski definition) is 1. The third kappa shape index (κ3) is 4.08. The molecule has 0 amide bonds. The average molecular weight is 278 g/mol. The van der Waals surface area contributed by atoms with E-state index in [1.807, 2.05) is 17.9 Å². The van der Waals surface area contributed by atoms with Gasteiger partial charge in [-0.1, -0.05) is 27.2 Å². The van der Waals surface area contributed by atoms with E-state index in [9.17, 15) is 5.11 Å². The van der Waals surface area contributed by atoms with Crippen molar-refractivity contribution in [1.29, 1.82) is 0 Å². The Bertz CT molecular complexity index is 432. The summed E-state index contributed by atoms with van der Waals surface area (Å²) >= 11 is 0. The van der Waals surface area contributed by atoms with Crippen molar-refractivity contribution in [1.82, 2.24) is 9.78 Å². The molecule has 0 saturated heterocycles. The maximum atomic E-state index is 10.9. The van der Waals surface area contributed by atoms with Crippen molar-refractivity contribution in [3.8, 4) is 0 Å². The van der Waals surface area contributed by atoms with Gasteiger partial charge in [-0.15, -0.1) is 0 Å². The molecule has 0 spiro atoms. The van der Waals surface area contributed by atoms with Gasteiger partial charge in [-0.2, -0.15) is 5.10 Å². The van der Waals surface area contributed by atoms with Crippen LogP contribution in [0.5, 0.6) is 0 Å². The molecule has 2 atom stereocenters. The largest absolute Gasteiger partial charge is 0.390 e. The zero-order valence-electron chi connectivity index (χ0n) is 13.5. The van der Waals surface area contributed by atoms with E-state index in [1.54, 1.807) is 0 Å². The minimum Gasteiger partial charge on any atom is -0.390 e. The van der Waals surface area contributed by atoms with Gasteiger partial charge >= 0.3 is 0 Å². The predicted octanol–water partition coefficient (Wildman–Crippen LogP) is 3.71. The van der Waals surface area contributed by atoms with Crippen molar-refractivity contribution in [3.05, 3.63) is 18.0 Å². The molecule has 1 aromatic rings. The molecule has 1 aromatic heterocycles. The van der Waals surface area contributed by atoms with Crippen LogP contribution in [-0.4, -0.2) is 20.5 Å². The van der Waals surface area contributed by atoms with E-state index in [2.05, 4.69) is 32.1 Å². The van der Waals surface area contributed by atoms with Crippen molar-refractivity contribution >= 4 is 0 Å². The van der Waals surface area contributed by atoms with Crippen molar-refractivity contribution < 1.29 is 5.11 Å². The first-order valence-electron chi connectivity index (χ1n) is 7.98. The summed E-state index contributed by atoms with van der Waals surface area (Å²) in [5, 5.41) is 15.1. The Morgan fingerprint density at radius 1 is 1.35 bits per heavy atom. The van der Waals surface area contributed by atoms with Crippen LogP contribution < -0.4 is 0 Å². The topological polar surface area (TPSA) is 38.0 Å². The van der Waals surface area contributed by atoms with E-state index in [1.165, 1.54) is 12.0 Å². The highest BCUT2D eigenvalue weighted by Crippen LogP contribution is 2.40. The minimum absolute atomic E-state index is 0.370. The maximum Gasteiger partial charge on any atom is 0.0651 e. The Morgan fingerprint density at radius 2 is 2.10 bits per heavy atom. The fraction of sp³-hybridized carbons (Fsp3) is 0.824. The zero-order valence-corrected chi connectivity index (χ0v) is 13.5. The molecule has 20 heavy (non-hydrogen) atoms. The molecular weight excluding hydrogens is 248 g/mol. The van der Waals surface area contributed by atoms with Gasteiger partial charge in [-0.25, -0.2) is 0 Å². The van der Waals surface area contributed by atoms with Gasteiger partial charge < -0.3 is 5.11 Å². The number of aryl methyl sites for hydroxylation is 2. The SMILES string of the molecule is Cn1cc(CCC2(O)CCCC(C(C)(C)C)CC2)cn1. The van der Waals surface area contributed by atoms with Crippen LogP contribution in [0.1, 0.15) is 64.9 Å². The molecular formula is C17H30N2O. The fourth-order valence-corrected chi connectivity index (χ4v) is 3.48. The molecule has 1 saturated carbocycles. The quantitative estimate of drug-likeness (QED) is 0.856. The van der Waals surface area contributed by atoms with E-state index in [-0.39, 0.29) is 0 Å². The lowest BCUT2D eigenvalue weighted by Gasteiger charge is -2.31. The summed E-state index contributed by atoms with van der Waals surface area (Å²) in [5.41, 5.74) is 1.14. The summed E-state index contributed by atoms with van der Waals surface area (Å²) in [6.07, 6.45) is 11.3. The van der Waals surface area contributed by atoms with Crippen LogP contribution in [0.25, 0.3) is 0 Å². The molecule has 0 aliphatic heterocycles. The molecule has 3 heteroatoms. The highest BCUT2D eigenvalue weighted by Gasteiger charge is 2.34. The highest BCUT2D eigenvalue weighted by molar-refractivity contribution is 5.05. The predicted molar refractivity (Wildman–Crippen MR) is 82.5 cm³/mol. The van der Waals surface area contributed by atoms with Gasteiger partial charge in [0.15, 0.2) is 0 Å². The minimum atomic E-state index is -0.462. The van der Waals surface area contributed by atoms with Crippen LogP contribution in [0, 0.1) is 11.3 Å². The Kier molecular flexibility index (Phi) is 4.58. The van der Waals surface area contributed by atoms with E-state index in [0.717, 1.165) is 44.4 Å². The Hall–Kier alpha value is -0.830. The second kappa shape index (κ2) is 5.88. The first-order valence-corrected chi connectivity index (χ1v) is 7.98. The molecule has 1 aliphatic carbocycles. The molecule has 2 unspecified atom stereocenters. The Labute approximate surface area is 123 Å². The molecule has 0 bridgehead atoms. The first kappa shape index (κ1) is 15.6. The lowest BCUT2D eigenvalue weighted by molar-refractivity contribution is 0.0142. The summed E-state index contributed by atoms with van der Waals surface area (Å²) in [4.78, 5) is 0. The zero-order chi connectivity index (χ0) is 14.8. The normalized spacial score (nSPS) is 28.4. The summed E-state index contributed by atoms with van der Waals surface area (Å²) in [6.45, 7) is 6.99. The number of aromatic nitrogens is 2. The van der Waals surface area contributed by atoms with Crippen LogP contribution in [0.15, 0.2) is 12.4 Å². The summed E-state index contributed by atoms with van der Waals surface area (Å²) in [7, 11) is 1.94. The first-order chi connectivity index (χ1) is 9.28. The van der Waals surface area contributed by atoms with Gasteiger partial charge in [0.2, 0.25) is 0 Å². The fourth-order valence-electron chi connectivity index (χ4n) is 3.48. The third-order valence-electron chi connectivity index (χ3n) is 5.02. The van der Waals surface area contributed by atoms with Crippen molar-refractivity contribution in [3.63, 3.8) is 0 Å². The average Bonchev–Trinajstić information content (AvgIpc) is 2.64. The Morgan fingerprint density at radius 3 is 2.70 bits per heavy atom. The van der Waals surface area contributed by atoms with Gasteiger partial charge in [-0.3, -0.25) is 4.68 Å². The lowest BCUT2D eigenvalue weighted by Crippen LogP contribution is -2.29. The highest BCUT2D eigenvalue weighted by atomic mass is 16.3. The van der Waals surface area contributed by atoms with Gasteiger partial charge in [-0.05, 0) is 55.4 Å². The smallest absolute Gasteiger partial charge is 0.0651 e. The number of hydrogen-bond acceptors (Lipinski definition) is 2. The van der Waals surface area contributed by atoms with Gasteiger partial charge in [0, 0.05) is 13.2 Å². The lowest BCUT2D eigenvalue weighted by atomic mass is 9.76. The molecule has 0 aromatic carbocycles. The van der Waals surface area contributed by atoms with E-state index >= 15 is 0 Å². The maximum absolute atomic E-state index is 10.9. The molecule has 2 rings (SSSR count). The summed E-state index contributed by atoms with van der Waals surface area (Å²) in [6, 6.07) is 0. The number of nitrogens with zero attached hydrogens (tertiary/aromatic N) is 2. The molecule has 114 valence electrons. The molecule has 1 N–H and O–H groups in total. The third-order valence-corrected chi connectivity index (χ3v) is 5.02. The summed E-state index contributed by atoms with van der Waals surface area (Å²) in [5.74, 6) is 0.745. The Balaban J connectivity index is 1.90. The molecule has 0 radical (unpaired) electrons. The van der Waals surface area contributed by atoms with Gasteiger partial charge in [0.05, 0.1) is 11.8 Å². The molecule has 1 aliphatic rings. The van der Waals surface area contributed by atoms with Crippen LogP contribution in [0.3, 0.4) is 0 Å². The molecule has 1 fully saturated rings. The monoisotopic (exact) mass is 278 g/mol. The van der Waals surface area contributed by atoms with Crippen LogP contribution in [0.4, 0.5) is 0 Å². The number of rotatable bonds is 3. The van der Waals surface area contributed by atoms with Crippen LogP contribution in [-0.2, 0) is 13.5 Å². The van der Waals surface area contributed by atoms with Crippen molar-refractivity contribution in [2.24, 2.45) is 18.4 Å². The molecule has 1 heterocycles. The second-order valence-electron chi connectivity index (χ2n) is 7.74. The van der Waals surface area contributed by atoms with Crippen molar-refractivity contribution in [2.75, 3.05) is 0 Å². The van der Waals surface area contributed by atoms with Gasteiger partial charge in [0.1, 0.15) is 0 Å². The van der Waals surface area contributed by atoms with Crippen LogP contribution in [0.2, 0.25) is 0 Å². The van der Waals surface area contributed by atoms with E-state index in [4.69, 9.17) is 0 Å². The van der Waals surface area contributed by atoms with E-state index in [0.29, 0.717) is 5.41 Å².